The van der Waals surface area contributed by atoms with Crippen molar-refractivity contribution >= 4 is 29.1 Å². The predicted octanol–water partition coefficient (Wildman–Crippen LogP) is 2.73. The monoisotopic (exact) mass is 369 g/mol. The zero-order chi connectivity index (χ0) is 19.7. The highest BCUT2D eigenvalue weighted by atomic mass is 16.3. The third-order valence-electron chi connectivity index (χ3n) is 4.62. The van der Waals surface area contributed by atoms with E-state index in [1.165, 1.54) is 4.90 Å². The molecule has 2 heterocycles. The van der Waals surface area contributed by atoms with E-state index in [-0.39, 0.29) is 36.7 Å². The van der Waals surface area contributed by atoms with Crippen LogP contribution in [0, 0.1) is 13.8 Å². The molecule has 1 aromatic heterocycles. The SMILES string of the molecule is Cc1cc(C(=O)N(C)CC(=O)N2c3ccccc3NC(=O)C[C@H]2C)c(C)o1. The average Bonchev–Trinajstić information content (AvgIpc) is 2.86. The Hall–Kier alpha value is -3.09. The van der Waals surface area contributed by atoms with E-state index in [0.29, 0.717) is 28.5 Å². The first kappa shape index (κ1) is 18.7. The molecule has 142 valence electrons. The fraction of sp³-hybridized carbons (Fsp3) is 0.350. The Morgan fingerprint density at radius 3 is 2.67 bits per heavy atom. The lowest BCUT2D eigenvalue weighted by atomic mass is 10.1. The first-order valence-corrected chi connectivity index (χ1v) is 8.81. The van der Waals surface area contributed by atoms with Gasteiger partial charge in [-0.2, -0.15) is 0 Å². The maximum Gasteiger partial charge on any atom is 0.257 e. The lowest BCUT2D eigenvalue weighted by Crippen LogP contribution is -2.45. The lowest BCUT2D eigenvalue weighted by Gasteiger charge is -2.29. The van der Waals surface area contributed by atoms with Crippen molar-refractivity contribution in [2.45, 2.75) is 33.2 Å². The Labute approximate surface area is 157 Å². The van der Waals surface area contributed by atoms with Gasteiger partial charge < -0.3 is 19.5 Å². The van der Waals surface area contributed by atoms with Crippen LogP contribution >= 0.6 is 0 Å². The van der Waals surface area contributed by atoms with Crippen LogP contribution in [0.1, 0.15) is 35.2 Å². The fourth-order valence-electron chi connectivity index (χ4n) is 3.37. The Morgan fingerprint density at radius 2 is 2.00 bits per heavy atom. The van der Waals surface area contributed by atoms with Crippen molar-refractivity contribution in [2.24, 2.45) is 0 Å². The molecule has 0 fully saturated rings. The van der Waals surface area contributed by atoms with Crippen molar-refractivity contribution in [3.63, 3.8) is 0 Å². The number of nitrogens with one attached hydrogen (secondary N) is 1. The van der Waals surface area contributed by atoms with Gasteiger partial charge in [0.2, 0.25) is 11.8 Å². The van der Waals surface area contributed by atoms with Gasteiger partial charge in [-0.15, -0.1) is 0 Å². The van der Waals surface area contributed by atoms with Crippen LogP contribution in [0.3, 0.4) is 0 Å². The van der Waals surface area contributed by atoms with E-state index in [1.54, 1.807) is 50.1 Å². The van der Waals surface area contributed by atoms with Gasteiger partial charge in [0.05, 0.1) is 16.9 Å². The summed E-state index contributed by atoms with van der Waals surface area (Å²) in [7, 11) is 1.58. The lowest BCUT2D eigenvalue weighted by molar-refractivity contribution is -0.119. The molecule has 0 saturated heterocycles. The van der Waals surface area contributed by atoms with E-state index in [0.717, 1.165) is 0 Å². The van der Waals surface area contributed by atoms with Gasteiger partial charge in [0.25, 0.3) is 5.91 Å². The van der Waals surface area contributed by atoms with E-state index >= 15 is 0 Å². The number of para-hydroxylation sites is 2. The number of hydrogen-bond donors (Lipinski definition) is 1. The minimum Gasteiger partial charge on any atom is -0.466 e. The number of carbonyl (C=O) groups excluding carboxylic acids is 3. The first-order chi connectivity index (χ1) is 12.8. The molecule has 2 aromatic rings. The van der Waals surface area contributed by atoms with Crippen molar-refractivity contribution in [3.05, 3.63) is 47.4 Å². The zero-order valence-electron chi connectivity index (χ0n) is 15.9. The fourth-order valence-corrected chi connectivity index (χ4v) is 3.37. The predicted molar refractivity (Wildman–Crippen MR) is 102 cm³/mol. The first-order valence-electron chi connectivity index (χ1n) is 8.81. The van der Waals surface area contributed by atoms with Crippen molar-refractivity contribution < 1.29 is 18.8 Å². The number of benzene rings is 1. The third kappa shape index (κ3) is 3.72. The molecule has 3 amide bonds. The smallest absolute Gasteiger partial charge is 0.257 e. The Morgan fingerprint density at radius 1 is 1.30 bits per heavy atom. The molecule has 7 heteroatoms. The molecule has 0 radical (unpaired) electrons. The second-order valence-electron chi connectivity index (χ2n) is 6.87. The standard InChI is InChI=1S/C20H23N3O4/c1-12-9-18(24)21-16-7-5-6-8-17(16)23(12)19(25)11-22(4)20(26)15-10-13(2)27-14(15)3/h5-8,10,12H,9,11H2,1-4H3,(H,21,24)/t12-/m1/s1. The zero-order valence-corrected chi connectivity index (χ0v) is 15.9. The van der Waals surface area contributed by atoms with Crippen LogP contribution in [0.4, 0.5) is 11.4 Å². The van der Waals surface area contributed by atoms with E-state index in [4.69, 9.17) is 4.42 Å². The molecule has 1 aromatic carbocycles. The summed E-state index contributed by atoms with van der Waals surface area (Å²) < 4.78 is 5.41. The van der Waals surface area contributed by atoms with Crippen LogP contribution in [-0.2, 0) is 9.59 Å². The highest BCUT2D eigenvalue weighted by Crippen LogP contribution is 2.31. The molecule has 7 nitrogen and oxygen atoms in total. The highest BCUT2D eigenvalue weighted by Gasteiger charge is 2.31. The van der Waals surface area contributed by atoms with Crippen molar-refractivity contribution in [1.29, 1.82) is 0 Å². The van der Waals surface area contributed by atoms with Crippen molar-refractivity contribution in [2.75, 3.05) is 23.8 Å². The summed E-state index contributed by atoms with van der Waals surface area (Å²) in [6, 6.07) is 8.53. The minimum atomic E-state index is -0.317. The molecule has 0 bridgehead atoms. The molecule has 0 saturated carbocycles. The van der Waals surface area contributed by atoms with Gasteiger partial charge in [-0.1, -0.05) is 12.1 Å². The van der Waals surface area contributed by atoms with Crippen LogP contribution < -0.4 is 10.2 Å². The minimum absolute atomic E-state index is 0.102. The van der Waals surface area contributed by atoms with E-state index in [9.17, 15) is 14.4 Å². The molecule has 1 aliphatic rings. The molecule has 3 rings (SSSR count). The summed E-state index contributed by atoms with van der Waals surface area (Å²) in [5.41, 5.74) is 1.68. The van der Waals surface area contributed by atoms with Crippen LogP contribution in [-0.4, -0.2) is 42.3 Å². The second kappa shape index (κ2) is 7.26. The van der Waals surface area contributed by atoms with E-state index in [2.05, 4.69) is 5.32 Å². The molecule has 0 unspecified atom stereocenters. The Balaban J connectivity index is 1.83. The topological polar surface area (TPSA) is 82.9 Å². The number of fused-ring (bicyclic) bond motifs is 1. The van der Waals surface area contributed by atoms with Crippen LogP contribution in [0.5, 0.6) is 0 Å². The molecule has 1 aliphatic heterocycles. The van der Waals surface area contributed by atoms with E-state index < -0.39 is 0 Å². The third-order valence-corrected chi connectivity index (χ3v) is 4.62. The van der Waals surface area contributed by atoms with Gasteiger partial charge >= 0.3 is 0 Å². The maximum absolute atomic E-state index is 13.0. The number of rotatable bonds is 3. The molecular weight excluding hydrogens is 346 g/mol. The normalized spacial score (nSPS) is 16.4. The molecule has 1 atom stereocenters. The van der Waals surface area contributed by atoms with Crippen LogP contribution in [0.15, 0.2) is 34.7 Å². The van der Waals surface area contributed by atoms with Gasteiger partial charge in [-0.3, -0.25) is 14.4 Å². The molecule has 1 N–H and O–H groups in total. The van der Waals surface area contributed by atoms with Gasteiger partial charge in [-0.05, 0) is 39.0 Å². The van der Waals surface area contributed by atoms with Crippen LogP contribution in [0.2, 0.25) is 0 Å². The number of carbonyl (C=O) groups is 3. The van der Waals surface area contributed by atoms with Crippen LogP contribution in [0.25, 0.3) is 0 Å². The molecular formula is C20H23N3O4. The number of nitrogens with zero attached hydrogens (tertiary/aromatic N) is 2. The van der Waals surface area contributed by atoms with Gasteiger partial charge in [0.15, 0.2) is 0 Å². The van der Waals surface area contributed by atoms with Crippen molar-refractivity contribution in [3.8, 4) is 0 Å². The number of likely N-dealkylation sites (N-methyl/N-ethyl adjacent to an activating group) is 1. The average molecular weight is 369 g/mol. The number of furan rings is 1. The molecule has 0 aliphatic carbocycles. The summed E-state index contributed by atoms with van der Waals surface area (Å²) in [5, 5.41) is 2.82. The van der Waals surface area contributed by atoms with Gasteiger partial charge in [0.1, 0.15) is 18.1 Å². The molecule has 27 heavy (non-hydrogen) atoms. The van der Waals surface area contributed by atoms with Crippen molar-refractivity contribution in [1.82, 2.24) is 4.90 Å². The summed E-state index contributed by atoms with van der Waals surface area (Å²) in [6.45, 7) is 5.22. The highest BCUT2D eigenvalue weighted by molar-refractivity contribution is 6.06. The van der Waals surface area contributed by atoms with E-state index in [1.807, 2.05) is 13.0 Å². The number of amides is 3. The van der Waals surface area contributed by atoms with Gasteiger partial charge in [0, 0.05) is 19.5 Å². The quantitative estimate of drug-likeness (QED) is 0.902. The summed E-state index contributed by atoms with van der Waals surface area (Å²) >= 11 is 0. The summed E-state index contributed by atoms with van der Waals surface area (Å²) in [5.74, 6) is 0.511. The molecule has 0 spiro atoms. The summed E-state index contributed by atoms with van der Waals surface area (Å²) in [6.07, 6.45) is 0.193. The van der Waals surface area contributed by atoms with Gasteiger partial charge in [-0.25, -0.2) is 0 Å². The summed E-state index contributed by atoms with van der Waals surface area (Å²) in [4.78, 5) is 40.7. The Bertz CT molecular complexity index is 902. The Kier molecular flexibility index (Phi) is 5.03. The largest absolute Gasteiger partial charge is 0.466 e. The maximum atomic E-state index is 13.0. The number of aryl methyl sites for hydroxylation is 2. The number of hydrogen-bond acceptors (Lipinski definition) is 4. The second-order valence-corrected chi connectivity index (χ2v) is 6.87. The number of anilines is 2.